The third-order valence-electron chi connectivity index (χ3n) is 2.75. The van der Waals surface area contributed by atoms with E-state index in [2.05, 4.69) is 4.36 Å². The molecule has 0 aliphatic heterocycles. The molecule has 17 heavy (non-hydrogen) atoms. The normalized spacial score (nSPS) is 16.6. The lowest BCUT2D eigenvalue weighted by atomic mass is 10.1. The summed E-state index contributed by atoms with van der Waals surface area (Å²) in [6.07, 6.45) is 1.63. The van der Waals surface area contributed by atoms with E-state index in [1.807, 2.05) is 45.0 Å². The molecule has 0 saturated heterocycles. The minimum atomic E-state index is -2.42. The van der Waals surface area contributed by atoms with E-state index >= 15 is 0 Å². The van der Waals surface area contributed by atoms with E-state index in [1.54, 1.807) is 6.26 Å². The van der Waals surface area contributed by atoms with Crippen molar-refractivity contribution in [3.05, 3.63) is 29.8 Å². The molecule has 4 heteroatoms. The minimum Gasteiger partial charge on any atom is -0.394 e. The van der Waals surface area contributed by atoms with Crippen LogP contribution in [0.1, 0.15) is 19.4 Å². The molecule has 3 nitrogen and oxygen atoms in total. The zero-order valence-corrected chi connectivity index (χ0v) is 11.7. The molecule has 0 radical (unpaired) electrons. The number of rotatable bonds is 4. The number of hydrogen-bond donors (Lipinski definition) is 1. The van der Waals surface area contributed by atoms with E-state index in [0.717, 1.165) is 10.5 Å². The van der Waals surface area contributed by atoms with Gasteiger partial charge in [0, 0.05) is 11.2 Å². The van der Waals surface area contributed by atoms with E-state index in [4.69, 9.17) is 0 Å². The first-order valence-electron chi connectivity index (χ1n) is 5.75. The first-order valence-corrected chi connectivity index (χ1v) is 7.68. The summed E-state index contributed by atoms with van der Waals surface area (Å²) >= 11 is 0. The molecule has 1 aromatic rings. The highest BCUT2D eigenvalue weighted by Crippen LogP contribution is 2.16. The summed E-state index contributed by atoms with van der Waals surface area (Å²) in [5, 5.41) is 9.23. The van der Waals surface area contributed by atoms with Crippen molar-refractivity contribution in [2.45, 2.75) is 31.7 Å². The highest BCUT2D eigenvalue weighted by Gasteiger charge is 2.14. The lowest BCUT2D eigenvalue weighted by Gasteiger charge is -2.15. The predicted octanol–water partition coefficient (Wildman–Crippen LogP) is 2.47. The van der Waals surface area contributed by atoms with Gasteiger partial charge in [-0.3, -0.25) is 0 Å². The van der Waals surface area contributed by atoms with E-state index in [1.165, 1.54) is 0 Å². The van der Waals surface area contributed by atoms with Gasteiger partial charge in [0.05, 0.1) is 22.4 Å². The van der Waals surface area contributed by atoms with Gasteiger partial charge in [0.25, 0.3) is 0 Å². The molecular formula is C13H21NO2S. The first-order chi connectivity index (χ1) is 7.86. The van der Waals surface area contributed by atoms with Crippen LogP contribution in [0, 0.1) is 12.8 Å². The molecule has 0 aliphatic rings. The zero-order valence-electron chi connectivity index (χ0n) is 10.9. The fourth-order valence-corrected chi connectivity index (χ4v) is 3.07. The lowest BCUT2D eigenvalue weighted by molar-refractivity contribution is 0.241. The maximum atomic E-state index is 12.5. The van der Waals surface area contributed by atoms with Crippen molar-refractivity contribution in [3.63, 3.8) is 0 Å². The third kappa shape index (κ3) is 3.82. The van der Waals surface area contributed by atoms with Crippen LogP contribution < -0.4 is 0 Å². The van der Waals surface area contributed by atoms with E-state index in [-0.39, 0.29) is 18.6 Å². The summed E-state index contributed by atoms with van der Waals surface area (Å²) < 4.78 is 16.8. The molecule has 0 fully saturated rings. The molecular weight excluding hydrogens is 234 g/mol. The average molecular weight is 255 g/mol. The van der Waals surface area contributed by atoms with Crippen molar-refractivity contribution in [2.24, 2.45) is 10.3 Å². The summed E-state index contributed by atoms with van der Waals surface area (Å²) in [5.74, 6) is 0.186. The van der Waals surface area contributed by atoms with Gasteiger partial charge in [0.2, 0.25) is 0 Å². The maximum absolute atomic E-state index is 12.5. The topological polar surface area (TPSA) is 49.7 Å². The van der Waals surface area contributed by atoms with E-state index in [9.17, 15) is 9.32 Å². The van der Waals surface area contributed by atoms with Crippen LogP contribution in [0.4, 0.5) is 0 Å². The second-order valence-corrected chi connectivity index (χ2v) is 7.00. The lowest BCUT2D eigenvalue weighted by Crippen LogP contribution is -2.19. The molecule has 0 amide bonds. The largest absolute Gasteiger partial charge is 0.394 e. The minimum absolute atomic E-state index is 0.0612. The number of aliphatic hydroxyl groups excluding tert-OH is 1. The number of benzene rings is 1. The zero-order chi connectivity index (χ0) is 13.1. The Morgan fingerprint density at radius 3 is 2.24 bits per heavy atom. The Hall–Kier alpha value is -0.870. The Kier molecular flexibility index (Phi) is 4.71. The van der Waals surface area contributed by atoms with Crippen LogP contribution in [0.15, 0.2) is 33.5 Å². The molecule has 0 bridgehead atoms. The van der Waals surface area contributed by atoms with Crippen molar-refractivity contribution >= 4 is 9.73 Å². The van der Waals surface area contributed by atoms with Crippen molar-refractivity contribution in [2.75, 3.05) is 12.9 Å². The molecule has 2 atom stereocenters. The van der Waals surface area contributed by atoms with Crippen LogP contribution >= 0.6 is 0 Å². The molecule has 0 aliphatic carbocycles. The van der Waals surface area contributed by atoms with Gasteiger partial charge in [0.15, 0.2) is 0 Å². The maximum Gasteiger partial charge on any atom is 0.0850 e. The Bertz CT molecular complexity index is 471. The SMILES string of the molecule is Cc1ccc(S(C)(=O)=NC(CO)C(C)C)cc1. The van der Waals surface area contributed by atoms with Crippen molar-refractivity contribution in [1.82, 2.24) is 0 Å². The molecule has 0 saturated carbocycles. The summed E-state index contributed by atoms with van der Waals surface area (Å²) in [6.45, 7) is 5.86. The standard InChI is InChI=1S/C13H21NO2S/c1-10(2)13(9-15)14-17(4,16)12-7-5-11(3)6-8-12/h5-8,10,13,15H,9H2,1-4H3. The number of nitrogens with zero attached hydrogens (tertiary/aromatic N) is 1. The molecule has 0 aromatic heterocycles. The van der Waals surface area contributed by atoms with Crippen molar-refractivity contribution in [3.8, 4) is 0 Å². The van der Waals surface area contributed by atoms with Crippen LogP contribution in [-0.2, 0) is 9.73 Å². The van der Waals surface area contributed by atoms with Gasteiger partial charge in [0.1, 0.15) is 0 Å². The fourth-order valence-electron chi connectivity index (χ4n) is 1.48. The Labute approximate surface area is 104 Å². The molecule has 0 spiro atoms. The molecule has 1 aromatic carbocycles. The average Bonchev–Trinajstić information content (AvgIpc) is 2.26. The van der Waals surface area contributed by atoms with Gasteiger partial charge in [-0.15, -0.1) is 0 Å². The van der Waals surface area contributed by atoms with E-state index < -0.39 is 9.73 Å². The molecule has 2 unspecified atom stereocenters. The van der Waals surface area contributed by atoms with Crippen LogP contribution in [-0.4, -0.2) is 28.2 Å². The molecule has 0 heterocycles. The number of hydrogen-bond acceptors (Lipinski definition) is 3. The third-order valence-corrected chi connectivity index (χ3v) is 4.57. The highest BCUT2D eigenvalue weighted by atomic mass is 32.2. The van der Waals surface area contributed by atoms with E-state index in [0.29, 0.717) is 0 Å². The summed E-state index contributed by atoms with van der Waals surface area (Å²) in [4.78, 5) is 0.724. The van der Waals surface area contributed by atoms with Gasteiger partial charge in [-0.05, 0) is 25.0 Å². The Balaban J connectivity index is 3.13. The second-order valence-electron chi connectivity index (χ2n) is 4.71. The van der Waals surface area contributed by atoms with Crippen LogP contribution in [0.25, 0.3) is 0 Å². The van der Waals surface area contributed by atoms with Crippen molar-refractivity contribution in [1.29, 1.82) is 0 Å². The van der Waals surface area contributed by atoms with Gasteiger partial charge >= 0.3 is 0 Å². The highest BCUT2D eigenvalue weighted by molar-refractivity contribution is 7.93. The van der Waals surface area contributed by atoms with Gasteiger partial charge in [-0.2, -0.15) is 0 Å². The van der Waals surface area contributed by atoms with Crippen LogP contribution in [0.3, 0.4) is 0 Å². The monoisotopic (exact) mass is 255 g/mol. The summed E-state index contributed by atoms with van der Waals surface area (Å²) in [7, 11) is -2.42. The molecule has 1 rings (SSSR count). The van der Waals surface area contributed by atoms with Gasteiger partial charge < -0.3 is 5.11 Å². The predicted molar refractivity (Wildman–Crippen MR) is 71.7 cm³/mol. The first kappa shape index (κ1) is 14.2. The molecule has 1 N–H and O–H groups in total. The number of aryl methyl sites for hydroxylation is 1. The smallest absolute Gasteiger partial charge is 0.0850 e. The summed E-state index contributed by atoms with van der Waals surface area (Å²) in [5.41, 5.74) is 1.13. The summed E-state index contributed by atoms with van der Waals surface area (Å²) in [6, 6.07) is 7.27. The van der Waals surface area contributed by atoms with Gasteiger partial charge in [-0.25, -0.2) is 8.57 Å². The fraction of sp³-hybridized carbons (Fsp3) is 0.538. The quantitative estimate of drug-likeness (QED) is 0.898. The Morgan fingerprint density at radius 2 is 1.82 bits per heavy atom. The second kappa shape index (κ2) is 5.65. The molecule has 96 valence electrons. The number of aliphatic hydroxyl groups is 1. The van der Waals surface area contributed by atoms with Gasteiger partial charge in [-0.1, -0.05) is 31.5 Å². The Morgan fingerprint density at radius 1 is 1.29 bits per heavy atom. The van der Waals surface area contributed by atoms with Crippen molar-refractivity contribution < 1.29 is 9.32 Å². The van der Waals surface area contributed by atoms with Crippen LogP contribution in [0.2, 0.25) is 0 Å². The van der Waals surface area contributed by atoms with Crippen LogP contribution in [0.5, 0.6) is 0 Å².